The molecule has 0 saturated heterocycles. The number of ether oxygens (including phenoxy) is 1. The molecule has 6 nitrogen and oxygen atoms in total. The average molecular weight is 307 g/mol. The van der Waals surface area contributed by atoms with Gasteiger partial charge in [-0.3, -0.25) is 10.1 Å². The van der Waals surface area contributed by atoms with Gasteiger partial charge in [0.2, 0.25) is 0 Å². The summed E-state index contributed by atoms with van der Waals surface area (Å²) in [5.41, 5.74) is 3.31. The van der Waals surface area contributed by atoms with Crippen LogP contribution in [0.5, 0.6) is 5.75 Å². The largest absolute Gasteiger partial charge is 0.496 e. The number of fused-ring (bicyclic) bond motifs is 1. The molecule has 1 aromatic heterocycles. The molecule has 114 valence electrons. The molecule has 2 aromatic carbocycles. The molecule has 0 saturated carbocycles. The van der Waals surface area contributed by atoms with Crippen molar-refractivity contribution in [1.82, 2.24) is 4.98 Å². The lowest BCUT2D eigenvalue weighted by Gasteiger charge is -2.07. The van der Waals surface area contributed by atoms with Gasteiger partial charge < -0.3 is 9.72 Å². The molecule has 0 aliphatic carbocycles. The molecule has 0 fully saturated rings. The SMILES string of the molecule is COc1cc(C#N)ccc1Cc1cc2cc([N+](=O)[O-])ccc2[nH]1. The molecule has 3 aromatic rings. The molecule has 3 rings (SSSR count). The van der Waals surface area contributed by atoms with Crippen molar-refractivity contribution < 1.29 is 9.66 Å². The number of nitrogens with one attached hydrogen (secondary N) is 1. The lowest BCUT2D eigenvalue weighted by Crippen LogP contribution is -1.94. The summed E-state index contributed by atoms with van der Waals surface area (Å²) < 4.78 is 5.33. The van der Waals surface area contributed by atoms with Gasteiger partial charge in [-0.2, -0.15) is 5.26 Å². The van der Waals surface area contributed by atoms with E-state index < -0.39 is 4.92 Å². The number of methoxy groups -OCH3 is 1. The number of nitrogens with zero attached hydrogens (tertiary/aromatic N) is 2. The second kappa shape index (κ2) is 5.81. The fraction of sp³-hybridized carbons (Fsp3) is 0.118. The van der Waals surface area contributed by atoms with Crippen LogP contribution in [0.1, 0.15) is 16.8 Å². The zero-order valence-electron chi connectivity index (χ0n) is 12.4. The van der Waals surface area contributed by atoms with Gasteiger partial charge >= 0.3 is 0 Å². The Balaban J connectivity index is 1.95. The smallest absolute Gasteiger partial charge is 0.270 e. The van der Waals surface area contributed by atoms with Crippen molar-refractivity contribution in [2.75, 3.05) is 7.11 Å². The molecular formula is C17H13N3O3. The lowest BCUT2D eigenvalue weighted by molar-refractivity contribution is -0.384. The molecule has 0 amide bonds. The van der Waals surface area contributed by atoms with E-state index in [4.69, 9.17) is 10.00 Å². The van der Waals surface area contributed by atoms with Gasteiger partial charge in [-0.05, 0) is 24.3 Å². The molecule has 1 heterocycles. The quantitative estimate of drug-likeness (QED) is 0.589. The van der Waals surface area contributed by atoms with Crippen molar-refractivity contribution in [2.45, 2.75) is 6.42 Å². The number of aromatic nitrogens is 1. The van der Waals surface area contributed by atoms with E-state index in [2.05, 4.69) is 11.1 Å². The third-order valence-corrected chi connectivity index (χ3v) is 3.67. The number of hydrogen-bond donors (Lipinski definition) is 1. The number of aromatic amines is 1. The molecule has 0 radical (unpaired) electrons. The van der Waals surface area contributed by atoms with Gasteiger partial charge in [0.15, 0.2) is 0 Å². The Morgan fingerprint density at radius 2 is 2.09 bits per heavy atom. The Bertz CT molecular complexity index is 938. The van der Waals surface area contributed by atoms with Crippen LogP contribution >= 0.6 is 0 Å². The van der Waals surface area contributed by atoms with Gasteiger partial charge in [0.05, 0.1) is 23.7 Å². The summed E-state index contributed by atoms with van der Waals surface area (Å²) in [6.45, 7) is 0. The Labute approximate surface area is 132 Å². The number of benzene rings is 2. The Morgan fingerprint density at radius 1 is 1.26 bits per heavy atom. The first kappa shape index (κ1) is 14.6. The summed E-state index contributed by atoms with van der Waals surface area (Å²) in [7, 11) is 1.56. The summed E-state index contributed by atoms with van der Waals surface area (Å²) in [6.07, 6.45) is 0.581. The van der Waals surface area contributed by atoms with Crippen LogP contribution in [0, 0.1) is 21.4 Å². The van der Waals surface area contributed by atoms with E-state index in [0.717, 1.165) is 22.2 Å². The van der Waals surface area contributed by atoms with Gasteiger partial charge in [0.25, 0.3) is 5.69 Å². The number of non-ortho nitro benzene ring substituents is 1. The van der Waals surface area contributed by atoms with E-state index >= 15 is 0 Å². The molecule has 0 atom stereocenters. The summed E-state index contributed by atoms with van der Waals surface area (Å²) in [5.74, 6) is 0.647. The molecule has 23 heavy (non-hydrogen) atoms. The minimum Gasteiger partial charge on any atom is -0.496 e. The first-order valence-corrected chi connectivity index (χ1v) is 6.94. The second-order valence-corrected chi connectivity index (χ2v) is 5.14. The van der Waals surface area contributed by atoms with Crippen LogP contribution < -0.4 is 4.74 Å². The Morgan fingerprint density at radius 3 is 2.78 bits per heavy atom. The summed E-state index contributed by atoms with van der Waals surface area (Å²) in [5, 5.41) is 20.6. The highest BCUT2D eigenvalue weighted by Crippen LogP contribution is 2.26. The van der Waals surface area contributed by atoms with Crippen LogP contribution in [0.3, 0.4) is 0 Å². The van der Waals surface area contributed by atoms with E-state index in [1.165, 1.54) is 6.07 Å². The molecule has 0 unspecified atom stereocenters. The molecular weight excluding hydrogens is 294 g/mol. The minimum atomic E-state index is -0.407. The standard InChI is InChI=1S/C17H13N3O3/c1-23-17-6-11(10-18)2-3-12(17)7-14-8-13-9-15(20(21)22)4-5-16(13)19-14/h2-6,8-9,19H,7H2,1H3. The van der Waals surface area contributed by atoms with Crippen molar-refractivity contribution in [3.63, 3.8) is 0 Å². The molecule has 0 aliphatic rings. The molecule has 0 bridgehead atoms. The highest BCUT2D eigenvalue weighted by atomic mass is 16.6. The lowest BCUT2D eigenvalue weighted by atomic mass is 10.1. The predicted octanol–water partition coefficient (Wildman–Crippen LogP) is 3.55. The van der Waals surface area contributed by atoms with Crippen molar-refractivity contribution in [3.8, 4) is 11.8 Å². The van der Waals surface area contributed by atoms with Crippen molar-refractivity contribution in [1.29, 1.82) is 5.26 Å². The normalized spacial score (nSPS) is 10.4. The highest BCUT2D eigenvalue weighted by Gasteiger charge is 2.11. The molecule has 1 N–H and O–H groups in total. The third kappa shape index (κ3) is 2.85. The summed E-state index contributed by atoms with van der Waals surface area (Å²) in [6, 6.07) is 14.0. The fourth-order valence-corrected chi connectivity index (χ4v) is 2.55. The number of hydrogen-bond acceptors (Lipinski definition) is 4. The number of nitro benzene ring substituents is 1. The summed E-state index contributed by atoms with van der Waals surface area (Å²) >= 11 is 0. The average Bonchev–Trinajstić information content (AvgIpc) is 2.96. The van der Waals surface area contributed by atoms with Crippen molar-refractivity contribution in [3.05, 3.63) is 69.4 Å². The first-order valence-electron chi connectivity index (χ1n) is 6.94. The van der Waals surface area contributed by atoms with Crippen LogP contribution in [0.15, 0.2) is 42.5 Å². The Hall–Kier alpha value is -3.33. The zero-order chi connectivity index (χ0) is 16.4. The van der Waals surface area contributed by atoms with Crippen LogP contribution in [0.4, 0.5) is 5.69 Å². The molecule has 6 heteroatoms. The first-order chi connectivity index (χ1) is 11.1. The van der Waals surface area contributed by atoms with Crippen LogP contribution in [0.25, 0.3) is 10.9 Å². The fourth-order valence-electron chi connectivity index (χ4n) is 2.55. The maximum atomic E-state index is 10.8. The highest BCUT2D eigenvalue weighted by molar-refractivity contribution is 5.82. The maximum Gasteiger partial charge on any atom is 0.270 e. The van der Waals surface area contributed by atoms with E-state index in [9.17, 15) is 10.1 Å². The number of H-pyrrole nitrogens is 1. The summed E-state index contributed by atoms with van der Waals surface area (Å²) in [4.78, 5) is 13.7. The van der Waals surface area contributed by atoms with Crippen LogP contribution in [-0.4, -0.2) is 17.0 Å². The zero-order valence-corrected chi connectivity index (χ0v) is 12.4. The Kier molecular flexibility index (Phi) is 3.69. The third-order valence-electron chi connectivity index (χ3n) is 3.67. The minimum absolute atomic E-state index is 0.0685. The van der Waals surface area contributed by atoms with E-state index in [1.807, 2.05) is 12.1 Å². The van der Waals surface area contributed by atoms with E-state index in [1.54, 1.807) is 31.4 Å². The monoisotopic (exact) mass is 307 g/mol. The van der Waals surface area contributed by atoms with Gasteiger partial charge in [0.1, 0.15) is 5.75 Å². The maximum absolute atomic E-state index is 10.8. The van der Waals surface area contributed by atoms with Gasteiger partial charge in [-0.1, -0.05) is 6.07 Å². The van der Waals surface area contributed by atoms with Crippen LogP contribution in [-0.2, 0) is 6.42 Å². The number of nitriles is 1. The second-order valence-electron chi connectivity index (χ2n) is 5.14. The predicted molar refractivity (Wildman–Crippen MR) is 85.5 cm³/mol. The molecule has 0 aliphatic heterocycles. The van der Waals surface area contributed by atoms with Crippen molar-refractivity contribution >= 4 is 16.6 Å². The van der Waals surface area contributed by atoms with Gasteiger partial charge in [-0.25, -0.2) is 0 Å². The van der Waals surface area contributed by atoms with Gasteiger partial charge in [-0.15, -0.1) is 0 Å². The van der Waals surface area contributed by atoms with Crippen LogP contribution in [0.2, 0.25) is 0 Å². The number of rotatable bonds is 4. The van der Waals surface area contributed by atoms with E-state index in [0.29, 0.717) is 17.7 Å². The van der Waals surface area contributed by atoms with Gasteiger partial charge in [0, 0.05) is 40.7 Å². The van der Waals surface area contributed by atoms with Crippen molar-refractivity contribution in [2.24, 2.45) is 0 Å². The topological polar surface area (TPSA) is 91.9 Å². The van der Waals surface area contributed by atoms with E-state index in [-0.39, 0.29) is 5.69 Å². The number of nitro groups is 1. The molecule has 0 spiro atoms.